The van der Waals surface area contributed by atoms with Crippen molar-refractivity contribution in [1.29, 1.82) is 0 Å². The molecule has 1 aromatic carbocycles. The number of morpholine rings is 1. The molecule has 1 aromatic rings. The van der Waals surface area contributed by atoms with Gasteiger partial charge in [0.1, 0.15) is 6.16 Å². The highest BCUT2D eigenvalue weighted by atomic mass is 32.2. The number of rotatable bonds is 7. The lowest BCUT2D eigenvalue weighted by molar-refractivity contribution is 0.0730. The van der Waals surface area contributed by atoms with Gasteiger partial charge in [0, 0.05) is 32.9 Å². The molecule has 0 spiro atoms. The summed E-state index contributed by atoms with van der Waals surface area (Å²) in [4.78, 5) is 12.3. The second-order valence-corrected chi connectivity index (χ2v) is 9.31. The maximum Gasteiger partial charge on any atom is 0.337 e. The van der Waals surface area contributed by atoms with E-state index in [1.54, 1.807) is 0 Å². The molecule has 1 fully saturated rings. The first-order valence-electron chi connectivity index (χ1n) is 7.24. The van der Waals surface area contributed by atoms with E-state index in [9.17, 15) is 17.8 Å². The van der Waals surface area contributed by atoms with E-state index < -0.39 is 29.6 Å². The van der Waals surface area contributed by atoms with Crippen LogP contribution in [0.4, 0.5) is 0 Å². The first-order chi connectivity index (χ1) is 11.3. The summed E-state index contributed by atoms with van der Waals surface area (Å²) in [6.07, 6.45) is -0.457. The molecule has 1 saturated heterocycles. The molecular weight excluding hydrogens is 357 g/mol. The number of hydrogen-bond acceptors (Lipinski definition) is 7. The minimum atomic E-state index is -3.70. The van der Waals surface area contributed by atoms with Gasteiger partial charge in [-0.25, -0.2) is 8.42 Å². The molecule has 0 aliphatic carbocycles. The molecule has 0 atom stereocenters. The zero-order valence-electron chi connectivity index (χ0n) is 13.5. The van der Waals surface area contributed by atoms with Crippen LogP contribution >= 0.6 is 7.60 Å². The van der Waals surface area contributed by atoms with E-state index >= 15 is 0 Å². The average Bonchev–Trinajstić information content (AvgIpc) is 2.62. The molecule has 0 aromatic heterocycles. The summed E-state index contributed by atoms with van der Waals surface area (Å²) >= 11 is 0. The predicted molar refractivity (Wildman–Crippen MR) is 86.8 cm³/mol. The number of nitrogens with zero attached hydrogens (tertiary/aromatic N) is 1. The Labute approximate surface area is 141 Å². The number of benzene rings is 1. The molecule has 2 rings (SSSR count). The van der Waals surface area contributed by atoms with Crippen LogP contribution in [0.2, 0.25) is 0 Å². The molecule has 0 N–H and O–H groups in total. The van der Waals surface area contributed by atoms with Gasteiger partial charge >= 0.3 is 7.60 Å². The number of sulfonamides is 1. The van der Waals surface area contributed by atoms with Crippen molar-refractivity contribution in [3.8, 4) is 0 Å². The van der Waals surface area contributed by atoms with E-state index in [-0.39, 0.29) is 23.5 Å². The monoisotopic (exact) mass is 377 g/mol. The summed E-state index contributed by atoms with van der Waals surface area (Å²) in [6.45, 7) is 1.21. The van der Waals surface area contributed by atoms with Gasteiger partial charge in [0.2, 0.25) is 10.0 Å². The van der Waals surface area contributed by atoms with E-state index in [1.165, 1.54) is 42.8 Å². The first kappa shape index (κ1) is 19.2. The van der Waals surface area contributed by atoms with Crippen LogP contribution in [-0.4, -0.2) is 65.2 Å². The number of hydrogen-bond donors (Lipinski definition) is 0. The maximum atomic E-state index is 12.6. The third-order valence-corrected chi connectivity index (χ3v) is 7.34. The molecule has 24 heavy (non-hydrogen) atoms. The number of carbonyl (C=O) groups excluding carboxylic acids is 1. The molecule has 134 valence electrons. The Morgan fingerprint density at radius 1 is 1.25 bits per heavy atom. The van der Waals surface area contributed by atoms with Crippen LogP contribution in [0, 0.1) is 0 Å². The number of Topliss-reactive ketones (excluding diaryl/α,β-unsaturated/α-hetero) is 1. The van der Waals surface area contributed by atoms with Crippen molar-refractivity contribution in [3.63, 3.8) is 0 Å². The average molecular weight is 377 g/mol. The Kier molecular flexibility index (Phi) is 6.30. The fraction of sp³-hybridized carbons (Fsp3) is 0.500. The van der Waals surface area contributed by atoms with E-state index in [0.29, 0.717) is 13.2 Å². The van der Waals surface area contributed by atoms with Gasteiger partial charge in [-0.05, 0) is 12.1 Å². The molecule has 1 aliphatic rings. The smallest absolute Gasteiger partial charge is 0.337 e. The molecule has 10 heteroatoms. The lowest BCUT2D eigenvalue weighted by Gasteiger charge is -2.26. The van der Waals surface area contributed by atoms with Crippen LogP contribution < -0.4 is 0 Å². The van der Waals surface area contributed by atoms with Crippen molar-refractivity contribution >= 4 is 23.4 Å². The van der Waals surface area contributed by atoms with Gasteiger partial charge in [-0.1, -0.05) is 12.1 Å². The largest absolute Gasteiger partial charge is 0.379 e. The van der Waals surface area contributed by atoms with Gasteiger partial charge in [0.05, 0.1) is 18.1 Å². The number of carbonyl (C=O) groups is 1. The van der Waals surface area contributed by atoms with Gasteiger partial charge in [-0.15, -0.1) is 0 Å². The lowest BCUT2D eigenvalue weighted by atomic mass is 10.1. The summed E-state index contributed by atoms with van der Waals surface area (Å²) in [5, 5.41) is 0. The predicted octanol–water partition coefficient (Wildman–Crippen LogP) is 1.38. The van der Waals surface area contributed by atoms with Gasteiger partial charge in [0.25, 0.3) is 0 Å². The zero-order chi connectivity index (χ0) is 17.8. The molecule has 0 radical (unpaired) electrons. The van der Waals surface area contributed by atoms with Crippen LogP contribution in [0.3, 0.4) is 0 Å². The fourth-order valence-corrected chi connectivity index (χ4v) is 4.63. The summed E-state index contributed by atoms with van der Waals surface area (Å²) in [5.74, 6) is -0.513. The third-order valence-electron chi connectivity index (χ3n) is 3.66. The fourth-order valence-electron chi connectivity index (χ4n) is 2.24. The van der Waals surface area contributed by atoms with Gasteiger partial charge in [0.15, 0.2) is 5.78 Å². The van der Waals surface area contributed by atoms with Crippen molar-refractivity contribution in [1.82, 2.24) is 4.31 Å². The Balaban J connectivity index is 2.25. The quantitative estimate of drug-likeness (QED) is 0.523. The minimum absolute atomic E-state index is 0.0138. The standard InChI is InChI=1S/C14H20NO7PS/c1-20-23(17,21-2)11-14(16)12-4-3-5-13(10-12)24(18,19)15-6-8-22-9-7-15/h3-5,10H,6-9,11H2,1-2H3. The summed E-state index contributed by atoms with van der Waals surface area (Å²) in [6, 6.07) is 5.65. The molecule has 0 amide bonds. The highest BCUT2D eigenvalue weighted by molar-refractivity contribution is 7.89. The second-order valence-electron chi connectivity index (χ2n) is 5.10. The Morgan fingerprint density at radius 2 is 1.88 bits per heavy atom. The SMILES string of the molecule is COP(=O)(CC(=O)c1cccc(S(=O)(=O)N2CCOCC2)c1)OC. The number of ketones is 1. The molecule has 1 aliphatic heterocycles. The van der Waals surface area contributed by atoms with Crippen LogP contribution in [0.25, 0.3) is 0 Å². The molecule has 1 heterocycles. The van der Waals surface area contributed by atoms with Crippen LogP contribution in [0.1, 0.15) is 10.4 Å². The number of ether oxygens (including phenoxy) is 1. The Bertz CT molecular complexity index is 735. The Morgan fingerprint density at radius 3 is 2.46 bits per heavy atom. The zero-order valence-corrected chi connectivity index (χ0v) is 15.2. The molecule has 0 bridgehead atoms. The van der Waals surface area contributed by atoms with Gasteiger partial charge < -0.3 is 13.8 Å². The minimum Gasteiger partial charge on any atom is -0.379 e. The van der Waals surface area contributed by atoms with Crippen LogP contribution in [0.15, 0.2) is 29.2 Å². The van der Waals surface area contributed by atoms with Gasteiger partial charge in [-0.3, -0.25) is 9.36 Å². The van der Waals surface area contributed by atoms with E-state index in [0.717, 1.165) is 0 Å². The highest BCUT2D eigenvalue weighted by Crippen LogP contribution is 2.46. The van der Waals surface area contributed by atoms with Crippen LogP contribution in [-0.2, 0) is 28.4 Å². The lowest BCUT2D eigenvalue weighted by Crippen LogP contribution is -2.40. The normalized spacial score (nSPS) is 16.9. The molecule has 0 saturated carbocycles. The van der Waals surface area contributed by atoms with Crippen molar-refractivity contribution in [2.75, 3.05) is 46.7 Å². The molecular formula is C14H20NO7PS. The van der Waals surface area contributed by atoms with Crippen molar-refractivity contribution in [2.24, 2.45) is 0 Å². The van der Waals surface area contributed by atoms with E-state index in [4.69, 9.17) is 13.8 Å². The van der Waals surface area contributed by atoms with Crippen molar-refractivity contribution in [2.45, 2.75) is 4.90 Å². The summed E-state index contributed by atoms with van der Waals surface area (Å²) in [5.41, 5.74) is 0.138. The highest BCUT2D eigenvalue weighted by Gasteiger charge is 2.29. The first-order valence-corrected chi connectivity index (χ1v) is 10.4. The van der Waals surface area contributed by atoms with E-state index in [1.807, 2.05) is 0 Å². The summed E-state index contributed by atoms with van der Waals surface area (Å²) in [7, 11) is -4.83. The van der Waals surface area contributed by atoms with Crippen molar-refractivity contribution < 1.29 is 31.6 Å². The third kappa shape index (κ3) is 4.30. The summed E-state index contributed by atoms with van der Waals surface area (Å²) < 4.78 is 53.2. The molecule has 0 unspecified atom stereocenters. The van der Waals surface area contributed by atoms with Crippen molar-refractivity contribution in [3.05, 3.63) is 29.8 Å². The topological polar surface area (TPSA) is 99.2 Å². The maximum absolute atomic E-state index is 12.6. The van der Waals surface area contributed by atoms with Crippen LogP contribution in [0.5, 0.6) is 0 Å². The second kappa shape index (κ2) is 7.86. The Hall–Kier alpha value is -1.09. The molecule has 8 nitrogen and oxygen atoms in total. The van der Waals surface area contributed by atoms with E-state index in [2.05, 4.69) is 0 Å². The van der Waals surface area contributed by atoms with Gasteiger partial charge in [-0.2, -0.15) is 4.31 Å².